The first-order valence-electron chi connectivity index (χ1n) is 11.5. The molecular weight excluding hydrogens is 509 g/mol. The minimum atomic E-state index is -3.54. The Morgan fingerprint density at radius 3 is 2.23 bits per heavy atom. The Hall–Kier alpha value is -2.29. The molecule has 2 rings (SSSR count). The summed E-state index contributed by atoms with van der Waals surface area (Å²) < 4.78 is 26.2. The third-order valence-electron chi connectivity index (χ3n) is 5.77. The molecule has 0 aromatic heterocycles. The predicted molar refractivity (Wildman–Crippen MR) is 142 cm³/mol. The van der Waals surface area contributed by atoms with Gasteiger partial charge in [-0.1, -0.05) is 55.2 Å². The Morgan fingerprint density at radius 2 is 1.71 bits per heavy atom. The van der Waals surface area contributed by atoms with Crippen LogP contribution < -0.4 is 9.62 Å². The van der Waals surface area contributed by atoms with Crippen LogP contribution in [-0.4, -0.2) is 51.0 Å². The average molecular weight is 543 g/mol. The van der Waals surface area contributed by atoms with Crippen LogP contribution in [-0.2, 0) is 32.6 Å². The standard InChI is InChI=1S/C25H33Cl2N3O4S/c1-5-18-9-13-21(14-10-18)30(35(4,33)34)15-7-8-24(31)29(23(6-2)25(32)28-3)17-19-11-12-20(26)16-22(19)27/h9-14,16,23H,5-8,15,17H2,1-4H3,(H,28,32). The van der Waals surface area contributed by atoms with Crippen molar-refractivity contribution in [3.05, 3.63) is 63.6 Å². The van der Waals surface area contributed by atoms with E-state index in [1.807, 2.05) is 26.0 Å². The Labute approximate surface area is 218 Å². The number of nitrogens with one attached hydrogen (secondary N) is 1. The first-order chi connectivity index (χ1) is 16.5. The van der Waals surface area contributed by atoms with Crippen LogP contribution >= 0.6 is 23.2 Å². The molecule has 0 bridgehead atoms. The van der Waals surface area contributed by atoms with Gasteiger partial charge in [-0.2, -0.15) is 0 Å². The molecule has 0 aliphatic heterocycles. The SMILES string of the molecule is CCc1ccc(N(CCCC(=O)N(Cc2ccc(Cl)cc2Cl)C(CC)C(=O)NC)S(C)(=O)=O)cc1. The molecule has 35 heavy (non-hydrogen) atoms. The summed E-state index contributed by atoms with van der Waals surface area (Å²) in [6.07, 6.45) is 2.77. The largest absolute Gasteiger partial charge is 0.357 e. The Balaban J connectivity index is 2.21. The summed E-state index contributed by atoms with van der Waals surface area (Å²) in [4.78, 5) is 27.3. The second-order valence-corrected chi connectivity index (χ2v) is 11.0. The molecule has 2 aromatic carbocycles. The summed E-state index contributed by atoms with van der Waals surface area (Å²) in [6.45, 7) is 4.13. The van der Waals surface area contributed by atoms with Crippen molar-refractivity contribution in [2.75, 3.05) is 24.2 Å². The third-order valence-corrected chi connectivity index (χ3v) is 7.55. The van der Waals surface area contributed by atoms with Gasteiger partial charge in [0.25, 0.3) is 0 Å². The van der Waals surface area contributed by atoms with Gasteiger partial charge in [-0.15, -0.1) is 0 Å². The highest BCUT2D eigenvalue weighted by Crippen LogP contribution is 2.25. The van der Waals surface area contributed by atoms with Crippen LogP contribution in [0.5, 0.6) is 0 Å². The number of aryl methyl sites for hydroxylation is 1. The lowest BCUT2D eigenvalue weighted by atomic mass is 10.1. The molecule has 0 aliphatic carbocycles. The smallest absolute Gasteiger partial charge is 0.242 e. The summed E-state index contributed by atoms with van der Waals surface area (Å²) in [6, 6.07) is 11.6. The number of halogens is 2. The number of amides is 2. The van der Waals surface area contributed by atoms with Crippen LogP contribution in [0.15, 0.2) is 42.5 Å². The number of hydrogen-bond donors (Lipinski definition) is 1. The molecular formula is C25H33Cl2N3O4S. The highest BCUT2D eigenvalue weighted by Gasteiger charge is 2.28. The number of nitrogens with zero attached hydrogens (tertiary/aromatic N) is 2. The zero-order valence-corrected chi connectivity index (χ0v) is 22.9. The van der Waals surface area contributed by atoms with Crippen LogP contribution in [0.25, 0.3) is 0 Å². The van der Waals surface area contributed by atoms with Crippen LogP contribution in [0.2, 0.25) is 10.0 Å². The first kappa shape index (κ1) is 28.9. The fraction of sp³-hybridized carbons (Fsp3) is 0.440. The fourth-order valence-corrected chi connectivity index (χ4v) is 5.26. The van der Waals surface area contributed by atoms with Crippen LogP contribution in [0.4, 0.5) is 5.69 Å². The van der Waals surface area contributed by atoms with Crippen molar-refractivity contribution in [2.24, 2.45) is 0 Å². The van der Waals surface area contributed by atoms with Gasteiger partial charge in [0, 0.05) is 36.6 Å². The number of carbonyl (C=O) groups is 2. The molecule has 10 heteroatoms. The van der Waals surface area contributed by atoms with E-state index in [0.29, 0.717) is 27.7 Å². The number of carbonyl (C=O) groups excluding carboxylic acids is 2. The fourth-order valence-electron chi connectivity index (χ4n) is 3.82. The summed E-state index contributed by atoms with van der Waals surface area (Å²) in [5, 5.41) is 3.49. The molecule has 0 fully saturated rings. The van der Waals surface area contributed by atoms with E-state index >= 15 is 0 Å². The maximum absolute atomic E-state index is 13.3. The highest BCUT2D eigenvalue weighted by molar-refractivity contribution is 7.92. The maximum Gasteiger partial charge on any atom is 0.242 e. The third kappa shape index (κ3) is 8.12. The average Bonchev–Trinajstić information content (AvgIpc) is 2.82. The van der Waals surface area contributed by atoms with Gasteiger partial charge in [-0.3, -0.25) is 13.9 Å². The summed E-state index contributed by atoms with van der Waals surface area (Å²) in [7, 11) is -2.01. The molecule has 7 nitrogen and oxygen atoms in total. The molecule has 192 valence electrons. The minimum absolute atomic E-state index is 0.0672. The number of benzene rings is 2. The van der Waals surface area contributed by atoms with Gasteiger partial charge < -0.3 is 10.2 Å². The number of likely N-dealkylation sites (N-methyl/N-ethyl adjacent to an activating group) is 1. The monoisotopic (exact) mass is 541 g/mol. The first-order valence-corrected chi connectivity index (χ1v) is 14.1. The zero-order chi connectivity index (χ0) is 26.2. The van der Waals surface area contributed by atoms with Crippen LogP contribution in [0, 0.1) is 0 Å². The Kier molecular flexibility index (Phi) is 10.9. The van der Waals surface area contributed by atoms with Gasteiger partial charge >= 0.3 is 0 Å². The van der Waals surface area contributed by atoms with Gasteiger partial charge in [0.05, 0.1) is 11.9 Å². The highest BCUT2D eigenvalue weighted by atomic mass is 35.5. The normalized spacial score (nSPS) is 12.2. The van der Waals surface area contributed by atoms with E-state index < -0.39 is 16.1 Å². The van der Waals surface area contributed by atoms with Crippen molar-refractivity contribution >= 4 is 50.7 Å². The Morgan fingerprint density at radius 1 is 1.06 bits per heavy atom. The van der Waals surface area contributed by atoms with Crippen LogP contribution in [0.1, 0.15) is 44.2 Å². The molecule has 0 radical (unpaired) electrons. The van der Waals surface area contributed by atoms with E-state index in [-0.39, 0.29) is 37.7 Å². The molecule has 1 atom stereocenters. The molecule has 1 N–H and O–H groups in total. The number of sulfonamides is 1. The molecule has 0 aliphatic rings. The lowest BCUT2D eigenvalue weighted by molar-refractivity contribution is -0.141. The number of rotatable bonds is 12. The molecule has 2 aromatic rings. The Bertz CT molecular complexity index is 1120. The van der Waals surface area contributed by atoms with E-state index in [9.17, 15) is 18.0 Å². The van der Waals surface area contributed by atoms with Crippen molar-refractivity contribution in [1.29, 1.82) is 0 Å². The maximum atomic E-state index is 13.3. The van der Waals surface area contributed by atoms with Gasteiger partial charge in [0.15, 0.2) is 0 Å². The van der Waals surface area contributed by atoms with Crippen molar-refractivity contribution in [3.63, 3.8) is 0 Å². The molecule has 0 spiro atoms. The summed E-state index contributed by atoms with van der Waals surface area (Å²) in [5.74, 6) is -0.541. The molecule has 0 heterocycles. The van der Waals surface area contributed by atoms with Crippen molar-refractivity contribution in [3.8, 4) is 0 Å². The van der Waals surface area contributed by atoms with E-state index in [4.69, 9.17) is 23.2 Å². The quantitative estimate of drug-likeness (QED) is 0.423. The molecule has 0 saturated heterocycles. The number of anilines is 1. The topological polar surface area (TPSA) is 86.8 Å². The second kappa shape index (κ2) is 13.1. The lowest BCUT2D eigenvalue weighted by Crippen LogP contribution is -2.48. The molecule has 2 amide bonds. The van der Waals surface area contributed by atoms with Gasteiger partial charge in [0.1, 0.15) is 6.04 Å². The van der Waals surface area contributed by atoms with Gasteiger partial charge in [-0.05, 0) is 54.7 Å². The molecule has 1 unspecified atom stereocenters. The van der Waals surface area contributed by atoms with E-state index in [1.54, 1.807) is 30.3 Å². The van der Waals surface area contributed by atoms with E-state index in [0.717, 1.165) is 18.2 Å². The van der Waals surface area contributed by atoms with Crippen molar-refractivity contribution < 1.29 is 18.0 Å². The van der Waals surface area contributed by atoms with Crippen molar-refractivity contribution in [1.82, 2.24) is 10.2 Å². The lowest BCUT2D eigenvalue weighted by Gasteiger charge is -2.31. The van der Waals surface area contributed by atoms with Gasteiger partial charge in [-0.25, -0.2) is 8.42 Å². The van der Waals surface area contributed by atoms with E-state index in [1.165, 1.54) is 16.3 Å². The van der Waals surface area contributed by atoms with Crippen molar-refractivity contribution in [2.45, 2.75) is 52.1 Å². The predicted octanol–water partition coefficient (Wildman–Crippen LogP) is 4.66. The van der Waals surface area contributed by atoms with E-state index in [2.05, 4.69) is 5.32 Å². The van der Waals surface area contributed by atoms with Crippen LogP contribution in [0.3, 0.4) is 0 Å². The zero-order valence-electron chi connectivity index (χ0n) is 20.6. The molecule has 0 saturated carbocycles. The van der Waals surface area contributed by atoms with Gasteiger partial charge in [0.2, 0.25) is 21.8 Å². The summed E-state index contributed by atoms with van der Waals surface area (Å²) in [5.41, 5.74) is 2.33. The summed E-state index contributed by atoms with van der Waals surface area (Å²) >= 11 is 12.3. The second-order valence-electron chi connectivity index (χ2n) is 8.25. The number of hydrogen-bond acceptors (Lipinski definition) is 4. The minimum Gasteiger partial charge on any atom is -0.357 e.